The molecule has 1 aromatic carbocycles. The molecule has 1 atom stereocenters. The molecule has 1 rings (SSSR count). The molecule has 0 aliphatic carbocycles. The predicted octanol–water partition coefficient (Wildman–Crippen LogP) is 2.29. The standard InChI is InChI=1S/C12H13BrN2O5S/c1-21-5-4-9(12(17)18)14-11(16)7-2-3-8(13)10(6-7)15(19)20/h2-3,6,9H,4-5H2,1H3,(H,14,16)(H,17,18)/t9-/m0/s1. The highest BCUT2D eigenvalue weighted by molar-refractivity contribution is 9.10. The van der Waals surface area contributed by atoms with Crippen LogP contribution in [0.25, 0.3) is 0 Å². The van der Waals surface area contributed by atoms with E-state index in [0.717, 1.165) is 6.07 Å². The number of benzene rings is 1. The average molecular weight is 377 g/mol. The van der Waals surface area contributed by atoms with Crippen LogP contribution in [0.15, 0.2) is 22.7 Å². The zero-order chi connectivity index (χ0) is 16.0. The summed E-state index contributed by atoms with van der Waals surface area (Å²) in [6.07, 6.45) is 2.11. The van der Waals surface area contributed by atoms with Gasteiger partial charge in [0, 0.05) is 11.6 Å². The largest absolute Gasteiger partial charge is 0.480 e. The lowest BCUT2D eigenvalue weighted by Crippen LogP contribution is -2.41. The Morgan fingerprint density at radius 3 is 2.71 bits per heavy atom. The minimum absolute atomic E-state index is 0.0419. The number of carboxylic acid groups (broad SMARTS) is 1. The molecule has 0 saturated heterocycles. The van der Waals surface area contributed by atoms with Gasteiger partial charge in [-0.15, -0.1) is 0 Å². The summed E-state index contributed by atoms with van der Waals surface area (Å²) < 4.78 is 0.251. The first-order chi connectivity index (χ1) is 9.86. The molecule has 0 spiro atoms. The van der Waals surface area contributed by atoms with Crippen molar-refractivity contribution in [3.8, 4) is 0 Å². The topological polar surface area (TPSA) is 110 Å². The van der Waals surface area contributed by atoms with Gasteiger partial charge in [0.1, 0.15) is 6.04 Å². The second-order valence-electron chi connectivity index (χ2n) is 4.07. The number of nitro benzene ring substituents is 1. The van der Waals surface area contributed by atoms with Gasteiger partial charge in [0.05, 0.1) is 9.40 Å². The summed E-state index contributed by atoms with van der Waals surface area (Å²) in [5, 5.41) is 22.2. The van der Waals surface area contributed by atoms with Crippen LogP contribution in [0, 0.1) is 10.1 Å². The number of thioether (sulfide) groups is 1. The Morgan fingerprint density at radius 1 is 1.52 bits per heavy atom. The molecule has 2 N–H and O–H groups in total. The summed E-state index contributed by atoms with van der Waals surface area (Å²) in [4.78, 5) is 33.2. The number of rotatable bonds is 7. The number of nitrogens with zero attached hydrogens (tertiary/aromatic N) is 1. The Balaban J connectivity index is 2.90. The van der Waals surface area contributed by atoms with Crippen LogP contribution in [-0.2, 0) is 4.79 Å². The molecule has 0 fully saturated rings. The summed E-state index contributed by atoms with van der Waals surface area (Å²) in [5.41, 5.74) is -0.209. The van der Waals surface area contributed by atoms with Crippen molar-refractivity contribution in [3.63, 3.8) is 0 Å². The molecule has 1 aromatic rings. The Hall–Kier alpha value is -1.61. The second-order valence-corrected chi connectivity index (χ2v) is 5.91. The van der Waals surface area contributed by atoms with Crippen molar-refractivity contribution in [2.24, 2.45) is 0 Å². The zero-order valence-electron chi connectivity index (χ0n) is 11.0. The van der Waals surface area contributed by atoms with Crippen LogP contribution < -0.4 is 5.32 Å². The van der Waals surface area contributed by atoms with Crippen LogP contribution in [-0.4, -0.2) is 40.0 Å². The summed E-state index contributed by atoms with van der Waals surface area (Å²) >= 11 is 4.49. The molecule has 0 aromatic heterocycles. The smallest absolute Gasteiger partial charge is 0.326 e. The first-order valence-corrected chi connectivity index (χ1v) is 8.02. The van der Waals surface area contributed by atoms with Gasteiger partial charge in [-0.3, -0.25) is 14.9 Å². The fraction of sp³-hybridized carbons (Fsp3) is 0.333. The van der Waals surface area contributed by atoms with E-state index in [0.29, 0.717) is 5.75 Å². The number of nitro groups is 1. The number of aliphatic carboxylic acids is 1. The van der Waals surface area contributed by atoms with E-state index in [1.54, 1.807) is 0 Å². The van der Waals surface area contributed by atoms with E-state index < -0.39 is 22.8 Å². The predicted molar refractivity (Wildman–Crippen MR) is 82.7 cm³/mol. The SMILES string of the molecule is CSCC[C@H](NC(=O)c1ccc(Br)c([N+](=O)[O-])c1)C(=O)O. The van der Waals surface area contributed by atoms with Crippen molar-refractivity contribution in [1.29, 1.82) is 0 Å². The summed E-state index contributed by atoms with van der Waals surface area (Å²) in [7, 11) is 0. The van der Waals surface area contributed by atoms with Crippen LogP contribution in [0.4, 0.5) is 5.69 Å². The molecule has 0 saturated carbocycles. The van der Waals surface area contributed by atoms with E-state index in [1.165, 1.54) is 23.9 Å². The molecule has 9 heteroatoms. The summed E-state index contributed by atoms with van der Waals surface area (Å²) in [6.45, 7) is 0. The lowest BCUT2D eigenvalue weighted by molar-refractivity contribution is -0.385. The van der Waals surface area contributed by atoms with E-state index in [1.807, 2.05) is 6.26 Å². The maximum Gasteiger partial charge on any atom is 0.326 e. The number of amides is 1. The molecule has 0 unspecified atom stereocenters. The third-order valence-corrected chi connectivity index (χ3v) is 3.93. The molecular weight excluding hydrogens is 364 g/mol. The van der Waals surface area contributed by atoms with E-state index in [4.69, 9.17) is 5.11 Å². The van der Waals surface area contributed by atoms with Crippen molar-refractivity contribution in [2.75, 3.05) is 12.0 Å². The molecule has 0 aliphatic heterocycles. The highest BCUT2D eigenvalue weighted by atomic mass is 79.9. The lowest BCUT2D eigenvalue weighted by atomic mass is 10.1. The normalized spacial score (nSPS) is 11.7. The van der Waals surface area contributed by atoms with E-state index in [9.17, 15) is 19.7 Å². The number of hydrogen-bond donors (Lipinski definition) is 2. The summed E-state index contributed by atoms with van der Waals surface area (Å²) in [5.74, 6) is -1.21. The summed E-state index contributed by atoms with van der Waals surface area (Å²) in [6, 6.07) is 2.85. The minimum atomic E-state index is -1.14. The van der Waals surface area contributed by atoms with Gasteiger partial charge >= 0.3 is 5.97 Å². The fourth-order valence-corrected chi connectivity index (χ4v) is 2.39. The van der Waals surface area contributed by atoms with Crippen molar-refractivity contribution < 1.29 is 19.6 Å². The molecule has 1 amide bonds. The van der Waals surface area contributed by atoms with Gasteiger partial charge in [0.25, 0.3) is 11.6 Å². The molecule has 114 valence electrons. The zero-order valence-corrected chi connectivity index (χ0v) is 13.4. The first kappa shape index (κ1) is 17.4. The van der Waals surface area contributed by atoms with Crippen LogP contribution in [0.2, 0.25) is 0 Å². The Kier molecular flexibility index (Phi) is 6.63. The third kappa shape index (κ3) is 5.01. The molecule has 0 radical (unpaired) electrons. The van der Waals surface area contributed by atoms with E-state index in [-0.39, 0.29) is 22.1 Å². The van der Waals surface area contributed by atoms with Crippen molar-refractivity contribution in [3.05, 3.63) is 38.3 Å². The van der Waals surface area contributed by atoms with Gasteiger partial charge in [-0.05, 0) is 46.5 Å². The average Bonchev–Trinajstić information content (AvgIpc) is 2.42. The molecule has 0 bridgehead atoms. The van der Waals surface area contributed by atoms with Gasteiger partial charge in [0.2, 0.25) is 0 Å². The number of carbonyl (C=O) groups is 2. The van der Waals surface area contributed by atoms with Crippen molar-refractivity contribution in [1.82, 2.24) is 5.32 Å². The number of carbonyl (C=O) groups excluding carboxylic acids is 1. The Bertz CT molecular complexity index is 567. The number of nitrogens with one attached hydrogen (secondary N) is 1. The fourth-order valence-electron chi connectivity index (χ4n) is 1.53. The Morgan fingerprint density at radius 2 is 2.19 bits per heavy atom. The lowest BCUT2D eigenvalue weighted by Gasteiger charge is -2.14. The van der Waals surface area contributed by atoms with Crippen molar-refractivity contribution >= 4 is 45.3 Å². The van der Waals surface area contributed by atoms with Crippen LogP contribution in [0.5, 0.6) is 0 Å². The number of halogens is 1. The second kappa shape index (κ2) is 7.99. The van der Waals surface area contributed by atoms with E-state index in [2.05, 4.69) is 21.2 Å². The first-order valence-electron chi connectivity index (χ1n) is 5.83. The maximum absolute atomic E-state index is 12.0. The highest BCUT2D eigenvalue weighted by Crippen LogP contribution is 2.25. The van der Waals surface area contributed by atoms with E-state index >= 15 is 0 Å². The molecule has 7 nitrogen and oxygen atoms in total. The van der Waals surface area contributed by atoms with Gasteiger partial charge in [-0.2, -0.15) is 11.8 Å². The molecule has 0 aliphatic rings. The van der Waals surface area contributed by atoms with Gasteiger partial charge in [-0.1, -0.05) is 0 Å². The minimum Gasteiger partial charge on any atom is -0.480 e. The van der Waals surface area contributed by atoms with Crippen LogP contribution in [0.1, 0.15) is 16.8 Å². The van der Waals surface area contributed by atoms with Crippen LogP contribution >= 0.6 is 27.7 Å². The van der Waals surface area contributed by atoms with Crippen molar-refractivity contribution in [2.45, 2.75) is 12.5 Å². The quantitative estimate of drug-likeness (QED) is 0.557. The molecule has 0 heterocycles. The maximum atomic E-state index is 12.0. The monoisotopic (exact) mass is 376 g/mol. The Labute approximate surface area is 133 Å². The van der Waals surface area contributed by atoms with Crippen LogP contribution in [0.3, 0.4) is 0 Å². The third-order valence-electron chi connectivity index (χ3n) is 2.62. The number of hydrogen-bond acceptors (Lipinski definition) is 5. The number of carboxylic acids is 1. The van der Waals surface area contributed by atoms with Gasteiger partial charge in [-0.25, -0.2) is 4.79 Å². The van der Waals surface area contributed by atoms with Gasteiger partial charge in [0.15, 0.2) is 0 Å². The molecular formula is C12H13BrN2O5S. The highest BCUT2D eigenvalue weighted by Gasteiger charge is 2.22. The molecule has 21 heavy (non-hydrogen) atoms. The van der Waals surface area contributed by atoms with Gasteiger partial charge < -0.3 is 10.4 Å².